The van der Waals surface area contributed by atoms with Crippen molar-refractivity contribution in [3.8, 4) is 17.2 Å². The minimum absolute atomic E-state index is 0.0635. The molecule has 1 aromatic carbocycles. The zero-order chi connectivity index (χ0) is 16.7. The molecule has 0 unspecified atom stereocenters. The lowest BCUT2D eigenvalue weighted by Gasteiger charge is -2.32. The van der Waals surface area contributed by atoms with Crippen molar-refractivity contribution in [1.82, 2.24) is 10.2 Å². The second kappa shape index (κ2) is 8.62. The largest absolute Gasteiger partial charge is 0.493 e. The van der Waals surface area contributed by atoms with Crippen LogP contribution in [0.3, 0.4) is 0 Å². The van der Waals surface area contributed by atoms with Crippen molar-refractivity contribution >= 4 is 5.91 Å². The van der Waals surface area contributed by atoms with Crippen LogP contribution in [-0.4, -0.2) is 57.8 Å². The summed E-state index contributed by atoms with van der Waals surface area (Å²) in [5, 5.41) is 3.00. The van der Waals surface area contributed by atoms with E-state index in [9.17, 15) is 4.79 Å². The van der Waals surface area contributed by atoms with Crippen LogP contribution < -0.4 is 19.5 Å². The summed E-state index contributed by atoms with van der Waals surface area (Å²) in [5.41, 5.74) is 0. The number of nitrogens with one attached hydrogen (secondary N) is 1. The van der Waals surface area contributed by atoms with Crippen molar-refractivity contribution in [2.24, 2.45) is 0 Å². The third kappa shape index (κ3) is 4.51. The Morgan fingerprint density at radius 2 is 1.83 bits per heavy atom. The molecule has 0 aliphatic carbocycles. The topological polar surface area (TPSA) is 60.0 Å². The quantitative estimate of drug-likeness (QED) is 0.828. The second-order valence-corrected chi connectivity index (χ2v) is 5.54. The molecular weight excluding hydrogens is 296 g/mol. The smallest absolute Gasteiger partial charge is 0.223 e. The Bertz CT molecular complexity index is 491. The maximum absolute atomic E-state index is 12.0. The Labute approximate surface area is 137 Å². The molecule has 0 aromatic heterocycles. The molecule has 0 saturated carbocycles. The molecule has 0 bridgehead atoms. The average molecular weight is 322 g/mol. The summed E-state index contributed by atoms with van der Waals surface area (Å²) < 4.78 is 16.8. The monoisotopic (exact) mass is 322 g/mol. The summed E-state index contributed by atoms with van der Waals surface area (Å²) in [7, 11) is 5.09. The first-order chi connectivity index (χ1) is 11.2. The van der Waals surface area contributed by atoms with Gasteiger partial charge in [0.1, 0.15) is 6.10 Å². The van der Waals surface area contributed by atoms with Crippen molar-refractivity contribution in [1.29, 1.82) is 0 Å². The van der Waals surface area contributed by atoms with E-state index in [1.54, 1.807) is 14.2 Å². The van der Waals surface area contributed by atoms with E-state index in [0.717, 1.165) is 25.9 Å². The van der Waals surface area contributed by atoms with Crippen molar-refractivity contribution in [2.45, 2.75) is 25.4 Å². The van der Waals surface area contributed by atoms with E-state index >= 15 is 0 Å². The van der Waals surface area contributed by atoms with E-state index < -0.39 is 0 Å². The molecule has 23 heavy (non-hydrogen) atoms. The zero-order valence-electron chi connectivity index (χ0n) is 14.1. The summed E-state index contributed by atoms with van der Waals surface area (Å²) >= 11 is 0. The van der Waals surface area contributed by atoms with Gasteiger partial charge in [-0.15, -0.1) is 0 Å². The van der Waals surface area contributed by atoms with E-state index in [-0.39, 0.29) is 12.0 Å². The molecule has 6 heteroatoms. The van der Waals surface area contributed by atoms with Gasteiger partial charge in [0.2, 0.25) is 11.7 Å². The van der Waals surface area contributed by atoms with E-state index in [2.05, 4.69) is 5.32 Å². The predicted molar refractivity (Wildman–Crippen MR) is 88.3 cm³/mol. The van der Waals surface area contributed by atoms with Crippen LogP contribution in [0.5, 0.6) is 17.2 Å². The van der Waals surface area contributed by atoms with Crippen LogP contribution in [0.1, 0.15) is 19.3 Å². The summed E-state index contributed by atoms with van der Waals surface area (Å²) in [6.07, 6.45) is 2.23. The van der Waals surface area contributed by atoms with Gasteiger partial charge in [0.15, 0.2) is 11.5 Å². The number of ether oxygens (including phenoxy) is 3. The Hall–Kier alpha value is -1.95. The third-order valence-corrected chi connectivity index (χ3v) is 4.05. The highest BCUT2D eigenvalue weighted by molar-refractivity contribution is 5.76. The Balaban J connectivity index is 1.93. The summed E-state index contributed by atoms with van der Waals surface area (Å²) in [6, 6.07) is 5.58. The number of carbonyl (C=O) groups excluding carboxylic acids is 1. The fourth-order valence-corrected chi connectivity index (χ4v) is 2.71. The number of amides is 1. The van der Waals surface area contributed by atoms with Crippen molar-refractivity contribution in [3.05, 3.63) is 18.2 Å². The summed E-state index contributed by atoms with van der Waals surface area (Å²) in [4.78, 5) is 13.9. The molecule has 2 rings (SSSR count). The van der Waals surface area contributed by atoms with Gasteiger partial charge in [-0.05, 0) is 19.2 Å². The average Bonchev–Trinajstić information content (AvgIpc) is 2.60. The fourth-order valence-electron chi connectivity index (χ4n) is 2.71. The van der Waals surface area contributed by atoms with Gasteiger partial charge >= 0.3 is 0 Å². The number of carbonyl (C=O) groups is 1. The maximum atomic E-state index is 12.0. The third-order valence-electron chi connectivity index (χ3n) is 4.05. The molecule has 1 heterocycles. The number of piperidine rings is 1. The Morgan fingerprint density at radius 3 is 2.35 bits per heavy atom. The van der Waals surface area contributed by atoms with E-state index in [1.807, 2.05) is 30.1 Å². The van der Waals surface area contributed by atoms with Crippen LogP contribution in [0.15, 0.2) is 18.2 Å². The van der Waals surface area contributed by atoms with Gasteiger partial charge < -0.3 is 24.4 Å². The van der Waals surface area contributed by atoms with Gasteiger partial charge in [-0.3, -0.25) is 4.79 Å². The molecule has 1 aliphatic heterocycles. The minimum atomic E-state index is 0.0635. The maximum Gasteiger partial charge on any atom is 0.223 e. The zero-order valence-corrected chi connectivity index (χ0v) is 14.1. The molecule has 1 fully saturated rings. The van der Waals surface area contributed by atoms with Crippen LogP contribution in [0.2, 0.25) is 0 Å². The van der Waals surface area contributed by atoms with E-state index in [1.165, 1.54) is 0 Å². The highest BCUT2D eigenvalue weighted by atomic mass is 16.5. The number of methoxy groups -OCH3 is 2. The molecule has 1 aromatic rings. The predicted octanol–water partition coefficient (Wildman–Crippen LogP) is 1.68. The molecule has 1 aliphatic rings. The van der Waals surface area contributed by atoms with Gasteiger partial charge in [-0.25, -0.2) is 0 Å². The SMILES string of the molecule is CNCCC(=O)N1CCC(Oc2c(OC)cccc2OC)CC1. The normalized spacial score (nSPS) is 15.3. The van der Waals surface area contributed by atoms with E-state index in [4.69, 9.17) is 14.2 Å². The molecule has 6 nitrogen and oxygen atoms in total. The Morgan fingerprint density at radius 1 is 1.22 bits per heavy atom. The van der Waals surface area contributed by atoms with Crippen molar-refractivity contribution in [2.75, 3.05) is 40.9 Å². The van der Waals surface area contributed by atoms with Crippen LogP contribution in [-0.2, 0) is 4.79 Å². The van der Waals surface area contributed by atoms with Crippen LogP contribution >= 0.6 is 0 Å². The number of hydrogen-bond acceptors (Lipinski definition) is 5. The molecule has 1 N–H and O–H groups in total. The standard InChI is InChI=1S/C17H26N2O4/c1-18-10-7-16(20)19-11-8-13(9-12-19)23-17-14(21-2)5-4-6-15(17)22-3/h4-6,13,18H,7-12H2,1-3H3. The lowest BCUT2D eigenvalue weighted by atomic mass is 10.1. The number of rotatable bonds is 7. The van der Waals surface area contributed by atoms with Crippen LogP contribution in [0, 0.1) is 0 Å². The molecular formula is C17H26N2O4. The molecule has 1 amide bonds. The molecule has 1 saturated heterocycles. The fraction of sp³-hybridized carbons (Fsp3) is 0.588. The lowest BCUT2D eigenvalue weighted by Crippen LogP contribution is -2.42. The second-order valence-electron chi connectivity index (χ2n) is 5.54. The highest BCUT2D eigenvalue weighted by Gasteiger charge is 2.25. The molecule has 0 spiro atoms. The molecule has 128 valence electrons. The van der Waals surface area contributed by atoms with E-state index in [0.29, 0.717) is 30.2 Å². The summed E-state index contributed by atoms with van der Waals surface area (Å²) in [6.45, 7) is 2.17. The van der Waals surface area contributed by atoms with Crippen LogP contribution in [0.25, 0.3) is 0 Å². The lowest BCUT2D eigenvalue weighted by molar-refractivity contribution is -0.132. The van der Waals surface area contributed by atoms with Crippen molar-refractivity contribution in [3.63, 3.8) is 0 Å². The van der Waals surface area contributed by atoms with Gasteiger partial charge in [-0.1, -0.05) is 6.07 Å². The minimum Gasteiger partial charge on any atom is -0.493 e. The summed E-state index contributed by atoms with van der Waals surface area (Å²) in [5.74, 6) is 2.17. The van der Waals surface area contributed by atoms with Gasteiger partial charge in [0.25, 0.3) is 0 Å². The van der Waals surface area contributed by atoms with Gasteiger partial charge in [0.05, 0.1) is 14.2 Å². The number of para-hydroxylation sites is 1. The van der Waals surface area contributed by atoms with Gasteiger partial charge in [0, 0.05) is 38.9 Å². The first kappa shape index (κ1) is 17.4. The molecule has 0 radical (unpaired) electrons. The highest BCUT2D eigenvalue weighted by Crippen LogP contribution is 2.38. The number of hydrogen-bond donors (Lipinski definition) is 1. The number of nitrogens with zero attached hydrogens (tertiary/aromatic N) is 1. The van der Waals surface area contributed by atoms with Gasteiger partial charge in [-0.2, -0.15) is 0 Å². The van der Waals surface area contributed by atoms with Crippen LogP contribution in [0.4, 0.5) is 0 Å². The van der Waals surface area contributed by atoms with Crippen molar-refractivity contribution < 1.29 is 19.0 Å². The first-order valence-corrected chi connectivity index (χ1v) is 7.99. The number of likely N-dealkylation sites (tertiary alicyclic amines) is 1. The first-order valence-electron chi connectivity index (χ1n) is 7.99. The number of benzene rings is 1. The molecule has 0 atom stereocenters. The Kier molecular flexibility index (Phi) is 6.52.